The third-order valence-electron chi connectivity index (χ3n) is 10.7. The first kappa shape index (κ1) is 28.2. The van der Waals surface area contributed by atoms with Crippen molar-refractivity contribution in [2.75, 3.05) is 0 Å². The molecule has 1 unspecified atom stereocenters. The molecule has 2 heterocycles. The summed E-state index contributed by atoms with van der Waals surface area (Å²) in [5, 5.41) is 12.1. The van der Waals surface area contributed by atoms with E-state index in [2.05, 4.69) is 191 Å². The molecular formula is C48H31N2O+. The normalized spacial score (nSPS) is 15.2. The standard InChI is InChI=1S/C48H31N2O/c1-2-14-31(15-3-1)49-45-24-12-13-25-47(45)51-48-30-42-34-17-5-4-16-33(34)37-27-26-32(28-40(37)35-18-6-7-19-36(35)41(42)29-46(48)49)50-43-22-10-8-20-38(43)39-21-9-11-23-44(39)50/h1-30,47H/q+1. The number of para-hydroxylation sites is 3. The molecule has 0 saturated carbocycles. The summed E-state index contributed by atoms with van der Waals surface area (Å²) < 4.78 is 11.6. The fraction of sp³-hybridized carbons (Fsp3) is 0.0208. The Balaban J connectivity index is 1.34. The lowest BCUT2D eigenvalue weighted by Gasteiger charge is -2.24. The molecule has 7 aromatic carbocycles. The van der Waals surface area contributed by atoms with Gasteiger partial charge in [0.25, 0.3) is 5.69 Å². The summed E-state index contributed by atoms with van der Waals surface area (Å²) in [7, 11) is 0. The summed E-state index contributed by atoms with van der Waals surface area (Å²) in [6.45, 7) is 0. The Morgan fingerprint density at radius 1 is 0.471 bits per heavy atom. The maximum Gasteiger partial charge on any atom is 0.254 e. The minimum atomic E-state index is -0.170. The highest BCUT2D eigenvalue weighted by atomic mass is 16.5. The van der Waals surface area contributed by atoms with Gasteiger partial charge in [-0.25, -0.2) is 0 Å². The number of fused-ring (bicyclic) bond motifs is 9. The monoisotopic (exact) mass is 651 g/mol. The molecule has 0 saturated heterocycles. The number of ether oxygens (including phenoxy) is 1. The first-order chi connectivity index (χ1) is 25.3. The summed E-state index contributed by atoms with van der Waals surface area (Å²) in [6, 6.07) is 57.5. The Morgan fingerprint density at radius 3 is 1.71 bits per heavy atom. The molecule has 0 fully saturated rings. The molecule has 3 heteroatoms. The van der Waals surface area contributed by atoms with Crippen molar-refractivity contribution in [2.45, 2.75) is 6.10 Å². The molecule has 0 radical (unpaired) electrons. The molecule has 0 spiro atoms. The van der Waals surface area contributed by atoms with Crippen LogP contribution in [0.25, 0.3) is 27.5 Å². The predicted molar refractivity (Wildman–Crippen MR) is 206 cm³/mol. The smallest absolute Gasteiger partial charge is 0.254 e. The number of benzene rings is 7. The predicted octanol–water partition coefficient (Wildman–Crippen LogP) is 10.4. The van der Waals surface area contributed by atoms with Crippen molar-refractivity contribution in [2.24, 2.45) is 0 Å². The number of hydrogen-bond donors (Lipinski definition) is 0. The molecule has 51 heavy (non-hydrogen) atoms. The van der Waals surface area contributed by atoms with Crippen molar-refractivity contribution >= 4 is 38.9 Å². The molecule has 0 amide bonds. The minimum absolute atomic E-state index is 0.170. The average Bonchev–Trinajstić information content (AvgIpc) is 3.53. The molecule has 11 rings (SSSR count). The van der Waals surface area contributed by atoms with E-state index in [4.69, 9.17) is 4.74 Å². The zero-order valence-corrected chi connectivity index (χ0v) is 27.7. The van der Waals surface area contributed by atoms with E-state index in [1.807, 2.05) is 0 Å². The largest absolute Gasteiger partial charge is 0.468 e. The van der Waals surface area contributed by atoms with Crippen LogP contribution in [0.4, 0.5) is 11.4 Å². The maximum atomic E-state index is 6.81. The Bertz CT molecular complexity index is 3230. The second-order valence-corrected chi connectivity index (χ2v) is 13.4. The molecular weight excluding hydrogens is 621 g/mol. The summed E-state index contributed by atoms with van der Waals surface area (Å²) in [6.07, 6.45) is 8.32. The van der Waals surface area contributed by atoms with Gasteiger partial charge in [-0.3, -0.25) is 0 Å². The number of nitrogens with zero attached hydrogens (tertiary/aromatic N) is 2. The van der Waals surface area contributed by atoms with E-state index in [9.17, 15) is 0 Å². The van der Waals surface area contributed by atoms with Crippen LogP contribution >= 0.6 is 0 Å². The van der Waals surface area contributed by atoms with Crippen LogP contribution < -0.4 is 9.31 Å². The van der Waals surface area contributed by atoms with Crippen molar-refractivity contribution in [3.63, 3.8) is 0 Å². The molecule has 0 bridgehead atoms. The van der Waals surface area contributed by atoms with Crippen LogP contribution in [0.2, 0.25) is 0 Å². The maximum absolute atomic E-state index is 6.81. The molecule has 8 aromatic rings. The topological polar surface area (TPSA) is 17.2 Å². The van der Waals surface area contributed by atoms with Crippen molar-refractivity contribution in [1.29, 1.82) is 0 Å². The van der Waals surface area contributed by atoms with Crippen molar-refractivity contribution < 1.29 is 4.74 Å². The number of rotatable bonds is 2. The number of hydrogen-bond acceptors (Lipinski definition) is 1. The van der Waals surface area contributed by atoms with Crippen LogP contribution in [0.15, 0.2) is 182 Å². The third-order valence-corrected chi connectivity index (χ3v) is 10.7. The van der Waals surface area contributed by atoms with Crippen LogP contribution in [-0.2, 0) is 0 Å². The van der Waals surface area contributed by atoms with Crippen LogP contribution in [-0.4, -0.2) is 16.4 Å². The van der Waals surface area contributed by atoms with Crippen molar-refractivity contribution in [3.05, 3.63) is 224 Å². The van der Waals surface area contributed by atoms with E-state index in [0.717, 1.165) is 28.5 Å². The second-order valence-electron chi connectivity index (χ2n) is 13.4. The van der Waals surface area contributed by atoms with Gasteiger partial charge in [-0.2, -0.15) is 4.58 Å². The zero-order valence-electron chi connectivity index (χ0n) is 27.7. The summed E-state index contributed by atoms with van der Waals surface area (Å²) >= 11 is 0. The third kappa shape index (κ3) is 4.15. The van der Waals surface area contributed by atoms with E-state index in [-0.39, 0.29) is 6.10 Å². The summed E-state index contributed by atoms with van der Waals surface area (Å²) in [4.78, 5) is 0. The zero-order chi connectivity index (χ0) is 33.5. The van der Waals surface area contributed by atoms with Crippen molar-refractivity contribution in [1.82, 2.24) is 9.14 Å². The highest BCUT2D eigenvalue weighted by Crippen LogP contribution is 2.38. The lowest BCUT2D eigenvalue weighted by Crippen LogP contribution is -2.36. The van der Waals surface area contributed by atoms with E-state index in [1.54, 1.807) is 0 Å². The molecule has 1 aromatic heterocycles. The first-order valence-corrected chi connectivity index (χ1v) is 17.6. The van der Waals surface area contributed by atoms with E-state index in [0.29, 0.717) is 0 Å². The van der Waals surface area contributed by atoms with Gasteiger partial charge in [0.2, 0.25) is 17.5 Å². The van der Waals surface area contributed by atoms with Gasteiger partial charge in [-0.15, -0.1) is 0 Å². The number of aromatic nitrogens is 1. The molecule has 3 nitrogen and oxygen atoms in total. The van der Waals surface area contributed by atoms with Gasteiger partial charge >= 0.3 is 0 Å². The molecule has 1 aliphatic heterocycles. The Kier molecular flexibility index (Phi) is 6.02. The van der Waals surface area contributed by atoms with Crippen LogP contribution in [0, 0.1) is 41.7 Å². The van der Waals surface area contributed by atoms with Crippen molar-refractivity contribution in [3.8, 4) is 11.4 Å². The summed E-state index contributed by atoms with van der Waals surface area (Å²) in [5.41, 5.74) is 6.82. The fourth-order valence-corrected chi connectivity index (χ4v) is 8.47. The molecule has 238 valence electrons. The van der Waals surface area contributed by atoms with Gasteiger partial charge < -0.3 is 9.30 Å². The van der Waals surface area contributed by atoms with Gasteiger partial charge in [-0.05, 0) is 78.2 Å². The van der Waals surface area contributed by atoms with Gasteiger partial charge in [0.1, 0.15) is 0 Å². The lowest BCUT2D eigenvalue weighted by molar-refractivity contribution is 0.303. The van der Waals surface area contributed by atoms with Gasteiger partial charge in [-0.1, -0.05) is 121 Å². The quantitative estimate of drug-likeness (QED) is 0.170. The SMILES string of the molecule is C1=CC2=[N+](c3ccccc3)c3cc4c(cc3OC2C=C1)=c1ccccc1=c1ccc(-n2c3ccccc3c3ccccc32)cc1=c1ccccc1=4. The molecule has 0 N–H and O–H groups in total. The van der Waals surface area contributed by atoms with Crippen LogP contribution in [0.1, 0.15) is 0 Å². The van der Waals surface area contributed by atoms with Gasteiger partial charge in [0, 0.05) is 40.7 Å². The Hall–Kier alpha value is -6.71. The molecule has 3 aliphatic rings. The van der Waals surface area contributed by atoms with Gasteiger partial charge in [0.05, 0.1) is 11.0 Å². The lowest BCUT2D eigenvalue weighted by atomic mass is 9.99. The highest BCUT2D eigenvalue weighted by molar-refractivity contribution is 6.09. The van der Waals surface area contributed by atoms with E-state index < -0.39 is 0 Å². The average molecular weight is 652 g/mol. The molecule has 1 atom stereocenters. The number of allylic oxidation sites excluding steroid dienone is 2. The Morgan fingerprint density at radius 2 is 1.02 bits per heavy atom. The molecule has 2 aliphatic carbocycles. The van der Waals surface area contributed by atoms with Crippen LogP contribution in [0.5, 0.6) is 5.75 Å². The first-order valence-electron chi connectivity index (χ1n) is 17.6. The highest BCUT2D eigenvalue weighted by Gasteiger charge is 2.35. The van der Waals surface area contributed by atoms with Crippen LogP contribution in [0.3, 0.4) is 0 Å². The Labute approximate surface area is 293 Å². The second kappa shape index (κ2) is 10.9. The minimum Gasteiger partial charge on any atom is -0.468 e. The van der Waals surface area contributed by atoms with E-state index >= 15 is 0 Å². The van der Waals surface area contributed by atoms with Gasteiger partial charge in [0.15, 0.2) is 5.75 Å². The fourth-order valence-electron chi connectivity index (χ4n) is 8.47. The summed E-state index contributed by atoms with van der Waals surface area (Å²) in [5.74, 6) is 0.876. The van der Waals surface area contributed by atoms with E-state index in [1.165, 1.54) is 63.6 Å².